The Kier molecular flexibility index (Phi) is 6.46. The summed E-state index contributed by atoms with van der Waals surface area (Å²) in [7, 11) is -3.21. The molecule has 1 saturated heterocycles. The lowest BCUT2D eigenvalue weighted by Crippen LogP contribution is -2.40. The van der Waals surface area contributed by atoms with Crippen molar-refractivity contribution in [3.05, 3.63) is 29.8 Å². The molecule has 24 heavy (non-hydrogen) atoms. The van der Waals surface area contributed by atoms with Crippen LogP contribution in [-0.4, -0.2) is 50.9 Å². The highest BCUT2D eigenvalue weighted by Gasteiger charge is 2.29. The van der Waals surface area contributed by atoms with E-state index in [4.69, 9.17) is 4.74 Å². The van der Waals surface area contributed by atoms with Crippen LogP contribution in [0.3, 0.4) is 0 Å². The van der Waals surface area contributed by atoms with E-state index in [1.165, 1.54) is 0 Å². The fourth-order valence-corrected chi connectivity index (χ4v) is 4.66. The molecular weight excluding hydrogens is 322 g/mol. The van der Waals surface area contributed by atoms with Gasteiger partial charge in [0, 0.05) is 19.7 Å². The maximum Gasteiger partial charge on any atom is 0.179 e. The minimum absolute atomic E-state index is 0.0592. The van der Waals surface area contributed by atoms with Crippen molar-refractivity contribution in [1.29, 1.82) is 0 Å². The molecule has 1 atom stereocenters. The zero-order chi connectivity index (χ0) is 17.8. The fraction of sp³-hybridized carbons (Fsp3) is 0.684. The van der Waals surface area contributed by atoms with Crippen LogP contribution in [0.15, 0.2) is 29.2 Å². The summed E-state index contributed by atoms with van der Waals surface area (Å²) in [5.74, 6) is 0.757. The minimum Gasteiger partial charge on any atom is -0.376 e. The summed E-state index contributed by atoms with van der Waals surface area (Å²) in [6, 6.07) is 7.13. The third-order valence-electron chi connectivity index (χ3n) is 4.82. The normalized spacial score (nSPS) is 21.1. The van der Waals surface area contributed by atoms with Crippen LogP contribution >= 0.6 is 0 Å². The van der Waals surface area contributed by atoms with Crippen LogP contribution < -0.4 is 0 Å². The lowest BCUT2D eigenvalue weighted by atomic mass is 9.88. The third kappa shape index (κ3) is 5.57. The van der Waals surface area contributed by atoms with Crippen molar-refractivity contribution in [1.82, 2.24) is 4.90 Å². The van der Waals surface area contributed by atoms with Crippen molar-refractivity contribution in [3.63, 3.8) is 0 Å². The first-order valence-electron chi connectivity index (χ1n) is 8.87. The van der Waals surface area contributed by atoms with Gasteiger partial charge in [-0.1, -0.05) is 24.6 Å². The van der Waals surface area contributed by atoms with Gasteiger partial charge in [-0.2, -0.15) is 0 Å². The van der Waals surface area contributed by atoms with E-state index >= 15 is 0 Å². The number of hydrogen-bond acceptors (Lipinski definition) is 4. The summed E-state index contributed by atoms with van der Waals surface area (Å²) < 4.78 is 30.8. The van der Waals surface area contributed by atoms with Crippen LogP contribution in [0.1, 0.15) is 39.2 Å². The quantitative estimate of drug-likeness (QED) is 0.755. The van der Waals surface area contributed by atoms with Gasteiger partial charge in [-0.3, -0.25) is 0 Å². The number of benzene rings is 1. The number of sulfone groups is 1. The van der Waals surface area contributed by atoms with Crippen molar-refractivity contribution >= 4 is 9.84 Å². The van der Waals surface area contributed by atoms with Gasteiger partial charge in [0.1, 0.15) is 0 Å². The van der Waals surface area contributed by atoms with Crippen LogP contribution in [0.5, 0.6) is 0 Å². The van der Waals surface area contributed by atoms with Gasteiger partial charge in [0.2, 0.25) is 0 Å². The van der Waals surface area contributed by atoms with Crippen molar-refractivity contribution in [2.24, 2.45) is 5.92 Å². The van der Waals surface area contributed by atoms with Gasteiger partial charge in [0.25, 0.3) is 0 Å². The SMILES string of the molecule is CCN(CCS(=O)(=O)c1ccc(C)cc1)C[C@@H]1CCOC(C)(C)C1. The third-order valence-corrected chi connectivity index (χ3v) is 6.53. The Hall–Kier alpha value is -0.910. The van der Waals surface area contributed by atoms with Gasteiger partial charge < -0.3 is 9.64 Å². The highest BCUT2D eigenvalue weighted by Crippen LogP contribution is 2.29. The van der Waals surface area contributed by atoms with E-state index in [0.29, 0.717) is 17.4 Å². The van der Waals surface area contributed by atoms with E-state index < -0.39 is 9.84 Å². The van der Waals surface area contributed by atoms with Crippen LogP contribution in [0.4, 0.5) is 0 Å². The second-order valence-electron chi connectivity index (χ2n) is 7.49. The topological polar surface area (TPSA) is 46.6 Å². The molecule has 0 radical (unpaired) electrons. The predicted octanol–water partition coefficient (Wildman–Crippen LogP) is 3.30. The number of rotatable bonds is 7. The van der Waals surface area contributed by atoms with E-state index in [-0.39, 0.29) is 11.4 Å². The highest BCUT2D eigenvalue weighted by molar-refractivity contribution is 7.91. The first-order valence-corrected chi connectivity index (χ1v) is 10.5. The Morgan fingerprint density at radius 3 is 2.50 bits per heavy atom. The zero-order valence-corrected chi connectivity index (χ0v) is 16.2. The summed E-state index contributed by atoms with van der Waals surface area (Å²) in [5, 5.41) is 0. The maximum absolute atomic E-state index is 12.5. The molecule has 2 rings (SSSR count). The van der Waals surface area contributed by atoms with Gasteiger partial charge >= 0.3 is 0 Å². The van der Waals surface area contributed by atoms with E-state index in [2.05, 4.69) is 25.7 Å². The van der Waals surface area contributed by atoms with Crippen molar-refractivity contribution in [2.45, 2.75) is 51.0 Å². The average molecular weight is 354 g/mol. The second kappa shape index (κ2) is 7.98. The molecule has 1 aromatic rings. The van der Waals surface area contributed by atoms with Crippen molar-refractivity contribution in [3.8, 4) is 0 Å². The molecule has 1 heterocycles. The first kappa shape index (κ1) is 19.4. The zero-order valence-electron chi connectivity index (χ0n) is 15.4. The van der Waals surface area contributed by atoms with Crippen molar-refractivity contribution in [2.75, 3.05) is 32.0 Å². The summed E-state index contributed by atoms with van der Waals surface area (Å²) in [6.45, 7) is 11.6. The maximum atomic E-state index is 12.5. The van der Waals surface area contributed by atoms with Crippen LogP contribution in [-0.2, 0) is 14.6 Å². The molecule has 0 aromatic heterocycles. The molecule has 0 unspecified atom stereocenters. The average Bonchev–Trinajstić information content (AvgIpc) is 2.51. The summed E-state index contributed by atoms with van der Waals surface area (Å²) in [4.78, 5) is 2.69. The molecular formula is C19H31NO3S. The molecule has 0 amide bonds. The van der Waals surface area contributed by atoms with Crippen LogP contribution in [0, 0.1) is 12.8 Å². The molecule has 0 spiro atoms. The van der Waals surface area contributed by atoms with Gasteiger partial charge in [-0.15, -0.1) is 0 Å². The molecule has 4 nitrogen and oxygen atoms in total. The number of ether oxygens (including phenoxy) is 1. The lowest BCUT2D eigenvalue weighted by Gasteiger charge is -2.37. The Morgan fingerprint density at radius 1 is 1.25 bits per heavy atom. The molecule has 1 aliphatic rings. The summed E-state index contributed by atoms with van der Waals surface area (Å²) in [6.07, 6.45) is 2.10. The Labute approximate surface area is 147 Å². The predicted molar refractivity (Wildman–Crippen MR) is 98.1 cm³/mol. The van der Waals surface area contributed by atoms with Gasteiger partial charge in [0.05, 0.1) is 16.2 Å². The summed E-state index contributed by atoms with van der Waals surface area (Å²) in [5.41, 5.74) is 1.02. The number of hydrogen-bond donors (Lipinski definition) is 0. The molecule has 0 bridgehead atoms. The van der Waals surface area contributed by atoms with E-state index in [9.17, 15) is 8.42 Å². The Balaban J connectivity index is 1.92. The fourth-order valence-electron chi connectivity index (χ4n) is 3.37. The van der Waals surface area contributed by atoms with Gasteiger partial charge in [0.15, 0.2) is 9.84 Å². The Morgan fingerprint density at radius 2 is 1.92 bits per heavy atom. The second-order valence-corrected chi connectivity index (χ2v) is 9.60. The molecule has 5 heteroatoms. The Bertz CT molecular complexity index is 623. The van der Waals surface area contributed by atoms with Gasteiger partial charge in [-0.05, 0) is 58.2 Å². The van der Waals surface area contributed by atoms with E-state index in [1.54, 1.807) is 12.1 Å². The lowest BCUT2D eigenvalue weighted by molar-refractivity contribution is -0.0764. The molecule has 1 fully saturated rings. The van der Waals surface area contributed by atoms with E-state index in [0.717, 1.165) is 38.1 Å². The molecule has 1 aliphatic heterocycles. The molecule has 0 aliphatic carbocycles. The minimum atomic E-state index is -3.21. The smallest absolute Gasteiger partial charge is 0.179 e. The molecule has 0 N–H and O–H groups in total. The van der Waals surface area contributed by atoms with Crippen LogP contribution in [0.2, 0.25) is 0 Å². The van der Waals surface area contributed by atoms with Crippen molar-refractivity contribution < 1.29 is 13.2 Å². The first-order chi connectivity index (χ1) is 11.2. The van der Waals surface area contributed by atoms with Crippen LogP contribution in [0.25, 0.3) is 0 Å². The number of aryl methyl sites for hydroxylation is 1. The highest BCUT2D eigenvalue weighted by atomic mass is 32.2. The standard InChI is InChI=1S/C19H31NO3S/c1-5-20(15-17-10-12-23-19(3,4)14-17)11-13-24(21,22)18-8-6-16(2)7-9-18/h6-9,17H,5,10-15H2,1-4H3/t17-/m1/s1. The van der Waals surface area contributed by atoms with Gasteiger partial charge in [-0.25, -0.2) is 8.42 Å². The number of nitrogens with zero attached hydrogens (tertiary/aromatic N) is 1. The summed E-state index contributed by atoms with van der Waals surface area (Å²) >= 11 is 0. The monoisotopic (exact) mass is 353 g/mol. The molecule has 0 saturated carbocycles. The van der Waals surface area contributed by atoms with E-state index in [1.807, 2.05) is 19.1 Å². The molecule has 136 valence electrons. The largest absolute Gasteiger partial charge is 0.376 e. The molecule has 1 aromatic carbocycles.